The molecule has 9 nitrogen and oxygen atoms in total. The van der Waals surface area contributed by atoms with Gasteiger partial charge in [0.05, 0.1) is 16.7 Å². The third kappa shape index (κ3) is 8.39. The first kappa shape index (κ1) is 28.9. The number of carbonyl (C=O) groups excluding carboxylic acids is 1. The quantitative estimate of drug-likeness (QED) is 0.282. The van der Waals surface area contributed by atoms with Crippen LogP contribution in [-0.2, 0) is 31.1 Å². The molecule has 11 heteroatoms. The van der Waals surface area contributed by atoms with E-state index in [0.29, 0.717) is 24.0 Å². The predicted octanol–water partition coefficient (Wildman–Crippen LogP) is 0.597. The summed E-state index contributed by atoms with van der Waals surface area (Å²) in [5, 5.41) is 0. The van der Waals surface area contributed by atoms with Crippen LogP contribution in [0.25, 0.3) is 0 Å². The lowest BCUT2D eigenvalue weighted by molar-refractivity contribution is -0.113. The maximum atomic E-state index is 12.3. The van der Waals surface area contributed by atoms with Crippen LogP contribution in [0.15, 0.2) is 29.2 Å². The van der Waals surface area contributed by atoms with Gasteiger partial charge in [-0.2, -0.15) is 4.31 Å². The highest BCUT2D eigenvalue weighted by molar-refractivity contribution is 7.90. The molecule has 1 aromatic rings. The summed E-state index contributed by atoms with van der Waals surface area (Å²) in [6.07, 6.45) is 4.79. The van der Waals surface area contributed by atoms with Crippen molar-refractivity contribution in [2.75, 3.05) is 57.8 Å². The highest BCUT2D eigenvalue weighted by atomic mass is 32.2. The van der Waals surface area contributed by atoms with Crippen molar-refractivity contribution < 1.29 is 21.6 Å². The third-order valence-corrected chi connectivity index (χ3v) is 9.47. The Morgan fingerprint density at radius 3 is 2.38 bits per heavy atom. The van der Waals surface area contributed by atoms with E-state index < -0.39 is 25.9 Å². The number of benzene rings is 1. The Morgan fingerprint density at radius 1 is 1.15 bits per heavy atom. The first-order valence-electron chi connectivity index (χ1n) is 11.9. The van der Waals surface area contributed by atoms with Gasteiger partial charge in [-0.1, -0.05) is 19.1 Å². The largest absolute Gasteiger partial charge is 0.329 e. The summed E-state index contributed by atoms with van der Waals surface area (Å²) in [5.74, 6) is -0.0918. The van der Waals surface area contributed by atoms with Gasteiger partial charge in [0.25, 0.3) is 0 Å². The number of hydrogen-bond donors (Lipinski definition) is 1. The highest BCUT2D eigenvalue weighted by Crippen LogP contribution is 2.16. The van der Waals surface area contributed by atoms with Gasteiger partial charge in [-0.25, -0.2) is 16.8 Å². The number of carbonyl (C=O) groups is 1. The van der Waals surface area contributed by atoms with Crippen LogP contribution in [-0.4, -0.2) is 107 Å². The second-order valence-corrected chi connectivity index (χ2v) is 13.1. The molecular weight excluding hydrogens is 476 g/mol. The van der Waals surface area contributed by atoms with E-state index >= 15 is 0 Å². The minimum atomic E-state index is -3.40. The van der Waals surface area contributed by atoms with Gasteiger partial charge in [0.1, 0.15) is 6.29 Å². The molecule has 2 atom stereocenters. The van der Waals surface area contributed by atoms with E-state index in [-0.39, 0.29) is 18.8 Å². The van der Waals surface area contributed by atoms with Crippen LogP contribution in [0.1, 0.15) is 32.3 Å². The van der Waals surface area contributed by atoms with Crippen molar-refractivity contribution in [2.24, 2.45) is 5.73 Å². The Bertz CT molecular complexity index is 983. The number of likely N-dealkylation sites (N-methyl/N-ethyl adjacent to an activating group) is 1. The van der Waals surface area contributed by atoms with Crippen LogP contribution in [0.4, 0.5) is 0 Å². The normalized spacial score (nSPS) is 19.4. The Hall–Kier alpha value is -1.37. The second-order valence-electron chi connectivity index (χ2n) is 9.01. The van der Waals surface area contributed by atoms with E-state index in [0.717, 1.165) is 50.7 Å². The summed E-state index contributed by atoms with van der Waals surface area (Å²) in [6, 6.07) is 6.99. The maximum absolute atomic E-state index is 12.3. The van der Waals surface area contributed by atoms with Crippen molar-refractivity contribution in [2.45, 2.75) is 50.1 Å². The average Bonchev–Trinajstić information content (AvgIpc) is 2.78. The van der Waals surface area contributed by atoms with Crippen LogP contribution in [0.5, 0.6) is 0 Å². The van der Waals surface area contributed by atoms with Crippen molar-refractivity contribution in [1.29, 1.82) is 0 Å². The first-order chi connectivity index (χ1) is 16.0. The highest BCUT2D eigenvalue weighted by Gasteiger charge is 2.32. The monoisotopic (exact) mass is 516 g/mol. The van der Waals surface area contributed by atoms with Gasteiger partial charge >= 0.3 is 0 Å². The van der Waals surface area contributed by atoms with Crippen molar-refractivity contribution in [3.8, 4) is 0 Å². The number of unbranched alkanes of at least 4 members (excludes halogenated alkanes) is 1. The lowest BCUT2D eigenvalue weighted by Crippen LogP contribution is -2.56. The van der Waals surface area contributed by atoms with Crippen LogP contribution < -0.4 is 5.73 Å². The molecule has 1 heterocycles. The Kier molecular flexibility index (Phi) is 11.1. The summed E-state index contributed by atoms with van der Waals surface area (Å²) < 4.78 is 49.2. The van der Waals surface area contributed by atoms with Crippen molar-refractivity contribution in [3.05, 3.63) is 29.8 Å². The Morgan fingerprint density at radius 2 is 1.82 bits per heavy atom. The fourth-order valence-electron chi connectivity index (χ4n) is 4.42. The van der Waals surface area contributed by atoms with E-state index in [9.17, 15) is 21.6 Å². The summed E-state index contributed by atoms with van der Waals surface area (Å²) in [6.45, 7) is 8.12. The van der Waals surface area contributed by atoms with E-state index in [1.807, 2.05) is 12.1 Å². The molecule has 0 bridgehead atoms. The van der Waals surface area contributed by atoms with Crippen LogP contribution in [0, 0.1) is 0 Å². The Balaban J connectivity index is 1.80. The molecular formula is C23H40N4O5S2. The van der Waals surface area contributed by atoms with Crippen LogP contribution in [0.2, 0.25) is 0 Å². The average molecular weight is 517 g/mol. The van der Waals surface area contributed by atoms with E-state index in [1.165, 1.54) is 10.6 Å². The molecule has 2 unspecified atom stereocenters. The van der Waals surface area contributed by atoms with E-state index in [4.69, 9.17) is 5.73 Å². The van der Waals surface area contributed by atoms with Gasteiger partial charge < -0.3 is 15.4 Å². The molecule has 0 aliphatic carbocycles. The molecule has 2 N–H and O–H groups in total. The molecule has 0 radical (unpaired) electrons. The summed E-state index contributed by atoms with van der Waals surface area (Å²) in [7, 11) is -6.58. The minimum absolute atomic E-state index is 0.0760. The fraction of sp³-hybridized carbons (Fsp3) is 0.696. The van der Waals surface area contributed by atoms with Gasteiger partial charge in [-0.15, -0.1) is 0 Å². The van der Waals surface area contributed by atoms with Gasteiger partial charge in [-0.05, 0) is 63.5 Å². The number of piperazine rings is 1. The minimum Gasteiger partial charge on any atom is -0.329 e. The van der Waals surface area contributed by atoms with Gasteiger partial charge in [0.15, 0.2) is 9.84 Å². The fourth-order valence-corrected chi connectivity index (χ4v) is 6.35. The number of hydrogen-bond acceptors (Lipinski definition) is 8. The summed E-state index contributed by atoms with van der Waals surface area (Å²) >= 11 is 0. The van der Waals surface area contributed by atoms with E-state index in [2.05, 4.69) is 23.6 Å². The SMILES string of the molecule is CCN(CCCCN1CCN(S(=O)(=O)CCN)CC1C=O)C(C)Cc1ccc(S(C)(=O)=O)cc1. The number of rotatable bonds is 14. The van der Waals surface area contributed by atoms with Crippen LogP contribution in [0.3, 0.4) is 0 Å². The standard InChI is InChI=1S/C23H40N4O5S2/c1-4-25(20(2)17-21-7-9-23(10-8-21)33(3,29)30)12-5-6-13-26-14-15-27(18-22(26)19-28)34(31,32)16-11-24/h7-10,19-20,22H,4-6,11-18,24H2,1-3H3. The lowest BCUT2D eigenvalue weighted by Gasteiger charge is -2.38. The third-order valence-electron chi connectivity index (χ3n) is 6.48. The predicted molar refractivity (Wildman–Crippen MR) is 135 cm³/mol. The molecule has 1 saturated heterocycles. The molecule has 1 aliphatic rings. The number of nitrogens with zero attached hydrogens (tertiary/aromatic N) is 3. The lowest BCUT2D eigenvalue weighted by atomic mass is 10.1. The van der Waals surface area contributed by atoms with Crippen molar-refractivity contribution in [3.63, 3.8) is 0 Å². The molecule has 194 valence electrons. The van der Waals surface area contributed by atoms with E-state index in [1.54, 1.807) is 12.1 Å². The molecule has 1 fully saturated rings. The van der Waals surface area contributed by atoms with Gasteiger partial charge in [-0.3, -0.25) is 4.90 Å². The summed E-state index contributed by atoms with van der Waals surface area (Å²) in [4.78, 5) is 16.4. The first-order valence-corrected chi connectivity index (χ1v) is 15.4. The molecule has 0 spiro atoms. The zero-order chi connectivity index (χ0) is 25.4. The van der Waals surface area contributed by atoms with Crippen molar-refractivity contribution >= 4 is 26.1 Å². The molecule has 34 heavy (non-hydrogen) atoms. The molecule has 0 aromatic heterocycles. The van der Waals surface area contributed by atoms with Gasteiger partial charge in [0.2, 0.25) is 10.0 Å². The maximum Gasteiger partial charge on any atom is 0.215 e. The molecule has 0 amide bonds. The Labute approximate surface area is 205 Å². The topological polar surface area (TPSA) is 121 Å². The molecule has 2 rings (SSSR count). The van der Waals surface area contributed by atoms with Gasteiger partial charge in [0, 0.05) is 38.5 Å². The molecule has 0 saturated carbocycles. The number of sulfonamides is 1. The zero-order valence-corrected chi connectivity index (χ0v) is 22.2. The summed E-state index contributed by atoms with van der Waals surface area (Å²) in [5.41, 5.74) is 6.51. The molecule has 1 aromatic carbocycles. The smallest absolute Gasteiger partial charge is 0.215 e. The number of aldehydes is 1. The zero-order valence-electron chi connectivity index (χ0n) is 20.6. The van der Waals surface area contributed by atoms with Crippen LogP contribution >= 0.6 is 0 Å². The molecule has 1 aliphatic heterocycles. The second kappa shape index (κ2) is 13.1. The number of sulfone groups is 1. The number of nitrogens with two attached hydrogens (primary N) is 1. The van der Waals surface area contributed by atoms with Crippen molar-refractivity contribution in [1.82, 2.24) is 14.1 Å².